The highest BCUT2D eigenvalue weighted by Gasteiger charge is 2.64. The summed E-state index contributed by atoms with van der Waals surface area (Å²) in [6.45, 7) is 16.2. The molecule has 10 atom stereocenters. The van der Waals surface area contributed by atoms with Crippen LogP contribution in [0.15, 0.2) is 22.8 Å². The monoisotopic (exact) mass is 444 g/mol. The van der Waals surface area contributed by atoms with E-state index < -0.39 is 23.7 Å². The molecule has 182 valence electrons. The van der Waals surface area contributed by atoms with Crippen LogP contribution in [0.4, 0.5) is 0 Å². The van der Waals surface area contributed by atoms with Gasteiger partial charge in [0, 0.05) is 5.41 Å². The van der Waals surface area contributed by atoms with Gasteiger partial charge in [0.2, 0.25) is 0 Å². The van der Waals surface area contributed by atoms with Crippen molar-refractivity contribution in [1.82, 2.24) is 0 Å². The lowest BCUT2D eigenvalue weighted by atomic mass is 9.44. The van der Waals surface area contributed by atoms with Crippen LogP contribution in [-0.4, -0.2) is 33.6 Å². The Morgan fingerprint density at radius 3 is 2.34 bits per heavy atom. The van der Waals surface area contributed by atoms with Gasteiger partial charge in [0.25, 0.3) is 0 Å². The molecular formula is C29H48O3. The smallest absolute Gasteiger partial charge is 0.107 e. The van der Waals surface area contributed by atoms with Crippen LogP contribution in [0, 0.1) is 39.9 Å². The zero-order valence-corrected chi connectivity index (χ0v) is 21.6. The van der Waals surface area contributed by atoms with Crippen LogP contribution in [0.3, 0.4) is 0 Å². The Morgan fingerprint density at radius 1 is 1.00 bits per heavy atom. The minimum atomic E-state index is -1.05. The molecule has 0 spiro atoms. The summed E-state index contributed by atoms with van der Waals surface area (Å²) in [4.78, 5) is 0. The van der Waals surface area contributed by atoms with Gasteiger partial charge in [-0.25, -0.2) is 0 Å². The molecule has 0 aliphatic heterocycles. The Bertz CT molecular complexity index is 794. The summed E-state index contributed by atoms with van der Waals surface area (Å²) >= 11 is 0. The van der Waals surface area contributed by atoms with Crippen molar-refractivity contribution in [2.24, 2.45) is 39.9 Å². The third-order valence-corrected chi connectivity index (χ3v) is 11.4. The van der Waals surface area contributed by atoms with Gasteiger partial charge in [0.05, 0.1) is 12.2 Å². The van der Waals surface area contributed by atoms with E-state index in [1.54, 1.807) is 5.57 Å². The number of hydrogen-bond acceptors (Lipinski definition) is 3. The quantitative estimate of drug-likeness (QED) is 0.464. The number of aliphatic hydroxyl groups excluding tert-OH is 3. The van der Waals surface area contributed by atoms with Crippen molar-refractivity contribution in [3.8, 4) is 0 Å². The normalized spacial score (nSPS) is 49.2. The van der Waals surface area contributed by atoms with Crippen LogP contribution in [0.5, 0.6) is 0 Å². The minimum absolute atomic E-state index is 0.0139. The molecule has 2 saturated carbocycles. The van der Waals surface area contributed by atoms with Crippen LogP contribution in [0.1, 0.15) is 99.8 Å². The maximum atomic E-state index is 11.3. The minimum Gasteiger partial charge on any atom is -0.390 e. The number of rotatable bonds is 4. The molecule has 3 nitrogen and oxygen atoms in total. The van der Waals surface area contributed by atoms with Crippen molar-refractivity contribution in [3.63, 3.8) is 0 Å². The second-order valence-electron chi connectivity index (χ2n) is 12.9. The van der Waals surface area contributed by atoms with Crippen molar-refractivity contribution >= 4 is 0 Å². The average Bonchev–Trinajstić information content (AvgIpc) is 3.02. The van der Waals surface area contributed by atoms with Gasteiger partial charge in [-0.2, -0.15) is 0 Å². The molecule has 4 aliphatic rings. The van der Waals surface area contributed by atoms with E-state index in [4.69, 9.17) is 0 Å². The SMILES string of the molecule is CC(C)=CCC[C@H](C)[C@H]1CC[C@@]2(C)C3=C(CC[C@]12C)[C@]1(C)[C@H](CC3)[C@H](C)[C@@H](O)[C@H](O)[C@@H]1O. The molecule has 4 aliphatic carbocycles. The van der Waals surface area contributed by atoms with Gasteiger partial charge in [-0.15, -0.1) is 0 Å². The van der Waals surface area contributed by atoms with Crippen molar-refractivity contribution in [3.05, 3.63) is 22.8 Å². The van der Waals surface area contributed by atoms with Crippen molar-refractivity contribution in [1.29, 1.82) is 0 Å². The lowest BCUT2D eigenvalue weighted by Gasteiger charge is -2.61. The van der Waals surface area contributed by atoms with Gasteiger partial charge >= 0.3 is 0 Å². The number of aliphatic hydroxyl groups is 3. The highest BCUT2D eigenvalue weighted by molar-refractivity contribution is 5.39. The van der Waals surface area contributed by atoms with Gasteiger partial charge in [0.15, 0.2) is 0 Å². The first kappa shape index (κ1) is 24.5. The van der Waals surface area contributed by atoms with E-state index in [1.807, 2.05) is 0 Å². The van der Waals surface area contributed by atoms with E-state index in [0.717, 1.165) is 31.1 Å². The maximum Gasteiger partial charge on any atom is 0.107 e. The Kier molecular flexibility index (Phi) is 6.30. The molecule has 3 N–H and O–H groups in total. The molecule has 0 bridgehead atoms. The first-order valence-electron chi connectivity index (χ1n) is 13.3. The average molecular weight is 445 g/mol. The summed E-state index contributed by atoms with van der Waals surface area (Å²) in [5.41, 5.74) is 4.56. The van der Waals surface area contributed by atoms with Gasteiger partial charge in [0.1, 0.15) is 6.10 Å². The van der Waals surface area contributed by atoms with Crippen LogP contribution < -0.4 is 0 Å². The molecule has 0 heterocycles. The Labute approximate surface area is 196 Å². The molecule has 4 rings (SSSR count). The fourth-order valence-corrected chi connectivity index (χ4v) is 9.17. The molecule has 0 aromatic carbocycles. The van der Waals surface area contributed by atoms with E-state index in [2.05, 4.69) is 54.5 Å². The highest BCUT2D eigenvalue weighted by Crippen LogP contribution is 2.71. The molecule has 32 heavy (non-hydrogen) atoms. The van der Waals surface area contributed by atoms with Crippen LogP contribution in [-0.2, 0) is 0 Å². The van der Waals surface area contributed by atoms with Crippen molar-refractivity contribution in [2.75, 3.05) is 0 Å². The zero-order valence-electron chi connectivity index (χ0n) is 21.6. The topological polar surface area (TPSA) is 60.7 Å². The predicted molar refractivity (Wildman–Crippen MR) is 131 cm³/mol. The van der Waals surface area contributed by atoms with Gasteiger partial charge in [-0.05, 0) is 99.7 Å². The molecular weight excluding hydrogens is 396 g/mol. The maximum absolute atomic E-state index is 11.3. The van der Waals surface area contributed by atoms with Gasteiger partial charge < -0.3 is 15.3 Å². The molecule has 2 fully saturated rings. The summed E-state index contributed by atoms with van der Waals surface area (Å²) in [6.07, 6.45) is 8.98. The van der Waals surface area contributed by atoms with E-state index in [1.165, 1.54) is 43.3 Å². The van der Waals surface area contributed by atoms with E-state index in [-0.39, 0.29) is 17.3 Å². The van der Waals surface area contributed by atoms with E-state index in [9.17, 15) is 15.3 Å². The zero-order chi connectivity index (χ0) is 23.6. The summed E-state index contributed by atoms with van der Waals surface area (Å²) in [5, 5.41) is 32.6. The first-order valence-corrected chi connectivity index (χ1v) is 13.3. The molecule has 3 heteroatoms. The lowest BCUT2D eigenvalue weighted by molar-refractivity contribution is -0.186. The van der Waals surface area contributed by atoms with Crippen molar-refractivity contribution < 1.29 is 15.3 Å². The van der Waals surface area contributed by atoms with Gasteiger partial charge in [-0.3, -0.25) is 0 Å². The fourth-order valence-electron chi connectivity index (χ4n) is 9.17. The molecule has 0 aromatic rings. The van der Waals surface area contributed by atoms with Crippen LogP contribution in [0.25, 0.3) is 0 Å². The molecule has 0 radical (unpaired) electrons. The van der Waals surface area contributed by atoms with Crippen LogP contribution >= 0.6 is 0 Å². The lowest BCUT2D eigenvalue weighted by Crippen LogP contribution is -2.63. The standard InChI is InChI=1S/C29H48O3/c1-17(2)9-8-10-18(3)20-13-15-28(6)22-12-11-21-19(4)24(30)25(31)26(32)29(21,7)23(22)14-16-27(20,28)5/h9,18-21,24-26,30-32H,8,10-16H2,1-7H3/t18-,19-,20+,21+,24+,25-,26-,27+,28-,29-/m0/s1. The second kappa shape index (κ2) is 8.24. The largest absolute Gasteiger partial charge is 0.390 e. The van der Waals surface area contributed by atoms with E-state index >= 15 is 0 Å². The Balaban J connectivity index is 1.68. The predicted octanol–water partition coefficient (Wildman–Crippen LogP) is 6.03. The molecule has 0 unspecified atom stereocenters. The van der Waals surface area contributed by atoms with Crippen LogP contribution in [0.2, 0.25) is 0 Å². The first-order chi connectivity index (χ1) is 14.9. The summed E-state index contributed by atoms with van der Waals surface area (Å²) < 4.78 is 0. The summed E-state index contributed by atoms with van der Waals surface area (Å²) in [6, 6.07) is 0. The second-order valence-corrected chi connectivity index (χ2v) is 12.9. The fraction of sp³-hybridized carbons (Fsp3) is 0.862. The third kappa shape index (κ3) is 3.24. The highest BCUT2D eigenvalue weighted by atomic mass is 16.4. The number of hydrogen-bond donors (Lipinski definition) is 3. The molecule has 0 saturated heterocycles. The summed E-state index contributed by atoms with van der Waals surface area (Å²) in [5.74, 6) is 1.73. The Morgan fingerprint density at radius 2 is 1.69 bits per heavy atom. The number of fused-ring (bicyclic) bond motifs is 4. The van der Waals surface area contributed by atoms with Crippen molar-refractivity contribution in [2.45, 2.75) is 118 Å². The Hall–Kier alpha value is -0.640. The third-order valence-electron chi connectivity index (χ3n) is 11.4. The molecule has 0 amide bonds. The molecule has 0 aromatic heterocycles. The summed E-state index contributed by atoms with van der Waals surface area (Å²) in [7, 11) is 0. The number of allylic oxidation sites excluding steroid dienone is 3. The van der Waals surface area contributed by atoms with Gasteiger partial charge in [-0.1, -0.05) is 57.4 Å². The van der Waals surface area contributed by atoms with E-state index in [0.29, 0.717) is 5.41 Å².